The largest absolute Gasteiger partial charge is 0.321 e. The van der Waals surface area contributed by atoms with Crippen LogP contribution in [0.4, 0.5) is 0 Å². The van der Waals surface area contributed by atoms with E-state index in [2.05, 4.69) is 32.9 Å². The summed E-state index contributed by atoms with van der Waals surface area (Å²) in [6, 6.07) is 11.0. The first-order valence-corrected chi connectivity index (χ1v) is 4.86. The van der Waals surface area contributed by atoms with Crippen LogP contribution in [-0.2, 0) is 5.54 Å². The van der Waals surface area contributed by atoms with Gasteiger partial charge >= 0.3 is 0 Å². The van der Waals surface area contributed by atoms with E-state index in [9.17, 15) is 0 Å². The maximum absolute atomic E-state index is 6.34. The Morgan fingerprint density at radius 2 is 2.23 bits per heavy atom. The van der Waals surface area contributed by atoms with E-state index >= 15 is 0 Å². The summed E-state index contributed by atoms with van der Waals surface area (Å²) < 4.78 is 0. The summed E-state index contributed by atoms with van der Waals surface area (Å²) in [5, 5.41) is 0. The van der Waals surface area contributed by atoms with Crippen molar-refractivity contribution in [1.82, 2.24) is 0 Å². The van der Waals surface area contributed by atoms with Crippen LogP contribution >= 0.6 is 0 Å². The number of hydrogen-bond donors (Lipinski definition) is 1. The molecular weight excluding hydrogens is 158 g/mol. The predicted octanol–water partition coefficient (Wildman–Crippen LogP) is 2.71. The summed E-state index contributed by atoms with van der Waals surface area (Å²) in [5.74, 6) is 0.452. The Balaban J connectivity index is 3.03. The summed E-state index contributed by atoms with van der Waals surface area (Å²) in [5.41, 5.74) is 7.33. The smallest absolute Gasteiger partial charge is 0.0430 e. The maximum Gasteiger partial charge on any atom is 0.0430 e. The summed E-state index contributed by atoms with van der Waals surface area (Å²) in [7, 11) is 0. The van der Waals surface area contributed by atoms with E-state index in [-0.39, 0.29) is 5.54 Å². The van der Waals surface area contributed by atoms with Crippen LogP contribution in [-0.4, -0.2) is 0 Å². The third kappa shape index (κ3) is 1.92. The van der Waals surface area contributed by atoms with Crippen molar-refractivity contribution in [1.29, 1.82) is 0 Å². The molecule has 13 heavy (non-hydrogen) atoms. The molecule has 1 aromatic rings. The molecule has 2 N–H and O–H groups in total. The zero-order valence-corrected chi connectivity index (χ0v) is 8.67. The van der Waals surface area contributed by atoms with Gasteiger partial charge in [0.05, 0.1) is 0 Å². The van der Waals surface area contributed by atoms with E-state index in [1.807, 2.05) is 18.2 Å². The molecule has 0 spiro atoms. The number of hydrogen-bond acceptors (Lipinski definition) is 1. The quantitative estimate of drug-likeness (QED) is 0.753. The van der Waals surface area contributed by atoms with Crippen molar-refractivity contribution >= 4 is 0 Å². The van der Waals surface area contributed by atoms with Crippen molar-refractivity contribution in [3.63, 3.8) is 0 Å². The molecule has 1 heteroatoms. The van der Waals surface area contributed by atoms with Gasteiger partial charge < -0.3 is 5.73 Å². The van der Waals surface area contributed by atoms with Gasteiger partial charge in [-0.3, -0.25) is 0 Å². The molecule has 0 fully saturated rings. The highest BCUT2D eigenvalue weighted by Crippen LogP contribution is 2.29. The van der Waals surface area contributed by atoms with Gasteiger partial charge in [0.15, 0.2) is 0 Å². The third-order valence-corrected chi connectivity index (χ3v) is 2.86. The minimum absolute atomic E-state index is 0.197. The van der Waals surface area contributed by atoms with E-state index in [0.29, 0.717) is 5.92 Å². The fourth-order valence-corrected chi connectivity index (χ4v) is 1.63. The first-order chi connectivity index (χ1) is 6.11. The summed E-state index contributed by atoms with van der Waals surface area (Å²) in [4.78, 5) is 0. The Hall–Kier alpha value is -0.820. The normalized spacial score (nSPS) is 15.8. The van der Waals surface area contributed by atoms with Crippen molar-refractivity contribution in [3.05, 3.63) is 35.9 Å². The SMILES string of the molecule is CCC(N)(c1c[c]ccc1)C(C)C. The summed E-state index contributed by atoms with van der Waals surface area (Å²) in [6.45, 7) is 6.46. The topological polar surface area (TPSA) is 26.0 Å². The van der Waals surface area contributed by atoms with Gasteiger partial charge in [0.1, 0.15) is 0 Å². The molecule has 1 unspecified atom stereocenters. The lowest BCUT2D eigenvalue weighted by Crippen LogP contribution is -2.41. The molecule has 0 saturated heterocycles. The molecule has 0 bridgehead atoms. The number of benzene rings is 1. The van der Waals surface area contributed by atoms with Crippen LogP contribution in [0, 0.1) is 12.0 Å². The molecule has 1 radical (unpaired) electrons. The Bertz CT molecular complexity index is 253. The second kappa shape index (κ2) is 3.93. The van der Waals surface area contributed by atoms with Crippen LogP contribution in [0.3, 0.4) is 0 Å². The molecule has 0 aliphatic carbocycles. The van der Waals surface area contributed by atoms with Gasteiger partial charge in [0.2, 0.25) is 0 Å². The first kappa shape index (κ1) is 10.3. The maximum atomic E-state index is 6.34. The van der Waals surface area contributed by atoms with Gasteiger partial charge in [0.25, 0.3) is 0 Å². The predicted molar refractivity (Wildman–Crippen MR) is 56.3 cm³/mol. The molecule has 71 valence electrons. The van der Waals surface area contributed by atoms with Crippen LogP contribution in [0.15, 0.2) is 24.3 Å². The van der Waals surface area contributed by atoms with Crippen molar-refractivity contribution in [2.75, 3.05) is 0 Å². The zero-order chi connectivity index (χ0) is 9.90. The second-order valence-corrected chi connectivity index (χ2v) is 3.84. The highest BCUT2D eigenvalue weighted by molar-refractivity contribution is 5.23. The second-order valence-electron chi connectivity index (χ2n) is 3.84. The van der Waals surface area contributed by atoms with E-state index in [1.165, 1.54) is 5.56 Å². The molecule has 0 aromatic heterocycles. The van der Waals surface area contributed by atoms with E-state index in [1.54, 1.807) is 0 Å². The van der Waals surface area contributed by atoms with Gasteiger partial charge in [-0.2, -0.15) is 0 Å². The molecule has 0 heterocycles. The lowest BCUT2D eigenvalue weighted by Gasteiger charge is -2.33. The Morgan fingerprint density at radius 3 is 2.62 bits per heavy atom. The van der Waals surface area contributed by atoms with Gasteiger partial charge in [-0.05, 0) is 30.0 Å². The molecule has 1 aromatic carbocycles. The van der Waals surface area contributed by atoms with Crippen LogP contribution in [0.25, 0.3) is 0 Å². The Kier molecular flexibility index (Phi) is 3.10. The Morgan fingerprint density at radius 1 is 1.54 bits per heavy atom. The number of nitrogens with two attached hydrogens (primary N) is 1. The minimum atomic E-state index is -0.197. The van der Waals surface area contributed by atoms with Gasteiger partial charge in [-0.25, -0.2) is 0 Å². The monoisotopic (exact) mass is 176 g/mol. The minimum Gasteiger partial charge on any atom is -0.321 e. The summed E-state index contributed by atoms with van der Waals surface area (Å²) in [6.07, 6.45) is 0.961. The Labute approximate surface area is 81.0 Å². The van der Waals surface area contributed by atoms with Crippen molar-refractivity contribution < 1.29 is 0 Å². The van der Waals surface area contributed by atoms with Crippen molar-refractivity contribution in [2.45, 2.75) is 32.7 Å². The molecule has 0 amide bonds. The van der Waals surface area contributed by atoms with Crippen LogP contribution in [0.2, 0.25) is 0 Å². The lowest BCUT2D eigenvalue weighted by molar-refractivity contribution is 0.306. The van der Waals surface area contributed by atoms with Crippen molar-refractivity contribution in [2.24, 2.45) is 11.7 Å². The van der Waals surface area contributed by atoms with Crippen LogP contribution < -0.4 is 5.73 Å². The lowest BCUT2D eigenvalue weighted by atomic mass is 9.79. The van der Waals surface area contributed by atoms with Gasteiger partial charge in [-0.1, -0.05) is 39.0 Å². The van der Waals surface area contributed by atoms with Gasteiger partial charge in [0, 0.05) is 5.54 Å². The molecule has 1 nitrogen and oxygen atoms in total. The molecular formula is C12H18N. The fourth-order valence-electron chi connectivity index (χ4n) is 1.63. The molecule has 0 aliphatic rings. The molecule has 1 atom stereocenters. The summed E-state index contributed by atoms with van der Waals surface area (Å²) >= 11 is 0. The average molecular weight is 176 g/mol. The van der Waals surface area contributed by atoms with E-state index in [4.69, 9.17) is 5.73 Å². The average Bonchev–Trinajstić information content (AvgIpc) is 2.17. The highest BCUT2D eigenvalue weighted by atomic mass is 14.7. The van der Waals surface area contributed by atoms with Crippen molar-refractivity contribution in [3.8, 4) is 0 Å². The molecule has 0 saturated carbocycles. The van der Waals surface area contributed by atoms with Gasteiger partial charge in [-0.15, -0.1) is 0 Å². The third-order valence-electron chi connectivity index (χ3n) is 2.86. The van der Waals surface area contributed by atoms with E-state index < -0.39 is 0 Å². The van der Waals surface area contributed by atoms with Crippen LogP contribution in [0.5, 0.6) is 0 Å². The van der Waals surface area contributed by atoms with Crippen LogP contribution in [0.1, 0.15) is 32.8 Å². The fraction of sp³-hybridized carbons (Fsp3) is 0.500. The standard InChI is InChI=1S/C12H18N/c1-4-12(13,10(2)3)11-8-6-5-7-9-11/h5-6,8-10H,4,13H2,1-3H3. The number of rotatable bonds is 3. The molecule has 1 rings (SSSR count). The van der Waals surface area contributed by atoms with E-state index in [0.717, 1.165) is 6.42 Å². The highest BCUT2D eigenvalue weighted by Gasteiger charge is 2.28. The zero-order valence-electron chi connectivity index (χ0n) is 8.67. The molecule has 0 aliphatic heterocycles. The first-order valence-electron chi connectivity index (χ1n) is 4.86.